The minimum Gasteiger partial charge on any atom is -0.482 e. The maximum Gasteiger partial charge on any atom is 0.262 e. The first-order chi connectivity index (χ1) is 11.2. The summed E-state index contributed by atoms with van der Waals surface area (Å²) in [6.07, 6.45) is 6.23. The Labute approximate surface area is 136 Å². The topological polar surface area (TPSA) is 81.9 Å². The number of hydrogen-bond donors (Lipinski definition) is 1. The molecule has 0 bridgehead atoms. The van der Waals surface area contributed by atoms with Crippen molar-refractivity contribution in [3.63, 3.8) is 0 Å². The van der Waals surface area contributed by atoms with Crippen LogP contribution >= 0.6 is 11.6 Å². The summed E-state index contributed by atoms with van der Waals surface area (Å²) in [5.41, 5.74) is 1.26. The number of aromatic nitrogens is 4. The van der Waals surface area contributed by atoms with Gasteiger partial charge in [-0.25, -0.2) is 0 Å². The predicted molar refractivity (Wildman–Crippen MR) is 84.7 cm³/mol. The largest absolute Gasteiger partial charge is 0.482 e. The number of amides is 1. The summed E-state index contributed by atoms with van der Waals surface area (Å²) in [5, 5.41) is 10.7. The predicted octanol–water partition coefficient (Wildman–Crippen LogP) is 2.33. The fourth-order valence-corrected chi connectivity index (χ4v) is 2.08. The molecule has 0 spiro atoms. The van der Waals surface area contributed by atoms with Crippen LogP contribution < -0.4 is 10.1 Å². The summed E-state index contributed by atoms with van der Waals surface area (Å²) < 4.78 is 7.24. The Kier molecular flexibility index (Phi) is 4.49. The minimum atomic E-state index is -0.289. The number of halogens is 1. The van der Waals surface area contributed by atoms with Gasteiger partial charge in [-0.15, -0.1) is 10.2 Å². The molecular formula is C15H12ClN5O2. The van der Waals surface area contributed by atoms with Gasteiger partial charge < -0.3 is 10.1 Å². The molecule has 0 saturated carbocycles. The molecule has 0 unspecified atom stereocenters. The van der Waals surface area contributed by atoms with Gasteiger partial charge in [-0.05, 0) is 30.3 Å². The Bertz CT molecular complexity index is 793. The summed E-state index contributed by atoms with van der Waals surface area (Å²) >= 11 is 6.01. The molecule has 3 rings (SSSR count). The van der Waals surface area contributed by atoms with Crippen LogP contribution in [-0.4, -0.2) is 32.3 Å². The lowest BCUT2D eigenvalue weighted by atomic mass is 10.3. The van der Waals surface area contributed by atoms with Crippen molar-refractivity contribution in [2.24, 2.45) is 0 Å². The molecule has 7 nitrogen and oxygen atoms in total. The molecule has 0 saturated heterocycles. The van der Waals surface area contributed by atoms with Gasteiger partial charge in [0, 0.05) is 11.2 Å². The lowest BCUT2D eigenvalue weighted by Gasteiger charge is -2.12. The van der Waals surface area contributed by atoms with E-state index in [-0.39, 0.29) is 12.5 Å². The van der Waals surface area contributed by atoms with Crippen molar-refractivity contribution < 1.29 is 9.53 Å². The van der Waals surface area contributed by atoms with Crippen molar-refractivity contribution in [2.75, 3.05) is 11.9 Å². The Morgan fingerprint density at radius 3 is 2.83 bits per heavy atom. The van der Waals surface area contributed by atoms with Crippen LogP contribution in [0.3, 0.4) is 0 Å². The van der Waals surface area contributed by atoms with Crippen molar-refractivity contribution in [2.45, 2.75) is 0 Å². The first-order valence-electron chi connectivity index (χ1n) is 6.69. The van der Waals surface area contributed by atoms with E-state index >= 15 is 0 Å². The molecule has 2 aromatic heterocycles. The number of nitrogens with one attached hydrogen (secondary N) is 1. The van der Waals surface area contributed by atoms with Crippen LogP contribution in [0.5, 0.6) is 5.75 Å². The molecule has 0 aliphatic rings. The van der Waals surface area contributed by atoms with Gasteiger partial charge in [-0.1, -0.05) is 11.6 Å². The quantitative estimate of drug-likeness (QED) is 0.777. The van der Waals surface area contributed by atoms with E-state index in [0.29, 0.717) is 22.1 Å². The van der Waals surface area contributed by atoms with E-state index in [0.717, 1.165) is 0 Å². The number of hydrogen-bond acceptors (Lipinski definition) is 5. The fourth-order valence-electron chi connectivity index (χ4n) is 1.92. The van der Waals surface area contributed by atoms with Crippen LogP contribution in [0.4, 0.5) is 5.69 Å². The summed E-state index contributed by atoms with van der Waals surface area (Å²) in [6.45, 7) is -0.147. The first-order valence-corrected chi connectivity index (χ1v) is 7.07. The molecule has 0 aliphatic heterocycles. The number of benzene rings is 1. The second-order valence-corrected chi connectivity index (χ2v) is 5.00. The van der Waals surface area contributed by atoms with Crippen LogP contribution in [0.25, 0.3) is 5.69 Å². The summed E-state index contributed by atoms with van der Waals surface area (Å²) in [5.74, 6) is 0.207. The van der Waals surface area contributed by atoms with Gasteiger partial charge in [0.1, 0.15) is 18.4 Å². The third kappa shape index (κ3) is 3.83. The van der Waals surface area contributed by atoms with Crippen LogP contribution in [-0.2, 0) is 4.79 Å². The number of carbonyl (C=O) groups excluding carboxylic acids is 1. The highest BCUT2D eigenvalue weighted by atomic mass is 35.5. The molecule has 2 heterocycles. The van der Waals surface area contributed by atoms with Crippen molar-refractivity contribution in [1.29, 1.82) is 0 Å². The Morgan fingerprint density at radius 2 is 2.09 bits per heavy atom. The molecular weight excluding hydrogens is 318 g/mol. The molecule has 0 fully saturated rings. The van der Waals surface area contributed by atoms with Crippen LogP contribution in [0.1, 0.15) is 0 Å². The lowest BCUT2D eigenvalue weighted by molar-refractivity contribution is -0.118. The maximum atomic E-state index is 11.9. The SMILES string of the molecule is O=C(COc1ccc(Cl)cc1-n1cnnc1)Nc1cccnc1. The monoisotopic (exact) mass is 329 g/mol. The van der Waals surface area contributed by atoms with Crippen molar-refractivity contribution in [3.05, 3.63) is 60.4 Å². The van der Waals surface area contributed by atoms with Crippen LogP contribution in [0.15, 0.2) is 55.4 Å². The maximum absolute atomic E-state index is 11.9. The highest BCUT2D eigenvalue weighted by Crippen LogP contribution is 2.26. The molecule has 23 heavy (non-hydrogen) atoms. The molecule has 3 aromatic rings. The zero-order valence-corrected chi connectivity index (χ0v) is 12.6. The standard InChI is InChI=1S/C15H12ClN5O2/c16-11-3-4-14(13(6-11)21-9-18-19-10-21)23-8-15(22)20-12-2-1-5-17-7-12/h1-7,9-10H,8H2,(H,20,22). The van der Waals surface area contributed by atoms with E-state index in [1.165, 1.54) is 12.7 Å². The summed E-state index contributed by atoms with van der Waals surface area (Å²) in [4.78, 5) is 15.9. The number of anilines is 1. The zero-order chi connectivity index (χ0) is 16.1. The van der Waals surface area contributed by atoms with Gasteiger partial charge in [-0.2, -0.15) is 0 Å². The van der Waals surface area contributed by atoms with E-state index in [2.05, 4.69) is 20.5 Å². The van der Waals surface area contributed by atoms with Gasteiger partial charge >= 0.3 is 0 Å². The molecule has 1 aromatic carbocycles. The fraction of sp³-hybridized carbons (Fsp3) is 0.0667. The van der Waals surface area contributed by atoms with Gasteiger partial charge in [-0.3, -0.25) is 14.3 Å². The molecule has 116 valence electrons. The van der Waals surface area contributed by atoms with Gasteiger partial charge in [0.2, 0.25) is 0 Å². The van der Waals surface area contributed by atoms with Crippen molar-refractivity contribution >= 4 is 23.2 Å². The van der Waals surface area contributed by atoms with E-state index in [9.17, 15) is 4.79 Å². The Hall–Kier alpha value is -2.93. The van der Waals surface area contributed by atoms with Crippen molar-refractivity contribution in [1.82, 2.24) is 19.7 Å². The van der Waals surface area contributed by atoms with E-state index in [4.69, 9.17) is 16.3 Å². The third-order valence-corrected chi connectivity index (χ3v) is 3.16. The molecule has 1 N–H and O–H groups in total. The highest BCUT2D eigenvalue weighted by molar-refractivity contribution is 6.30. The second kappa shape index (κ2) is 6.89. The number of carbonyl (C=O) groups is 1. The lowest BCUT2D eigenvalue weighted by Crippen LogP contribution is -2.20. The first kappa shape index (κ1) is 15.0. The van der Waals surface area contributed by atoms with Gasteiger partial charge in [0.05, 0.1) is 17.6 Å². The molecule has 0 atom stereocenters. The van der Waals surface area contributed by atoms with E-state index in [1.807, 2.05) is 0 Å². The summed E-state index contributed by atoms with van der Waals surface area (Å²) in [6, 6.07) is 8.56. The van der Waals surface area contributed by atoms with Crippen LogP contribution in [0.2, 0.25) is 5.02 Å². The Morgan fingerprint density at radius 1 is 1.26 bits per heavy atom. The average molecular weight is 330 g/mol. The van der Waals surface area contributed by atoms with Gasteiger partial charge in [0.25, 0.3) is 5.91 Å². The molecule has 0 radical (unpaired) electrons. The number of pyridine rings is 1. The van der Waals surface area contributed by atoms with Gasteiger partial charge in [0.15, 0.2) is 6.61 Å². The third-order valence-electron chi connectivity index (χ3n) is 2.92. The van der Waals surface area contributed by atoms with Crippen LogP contribution in [0, 0.1) is 0 Å². The minimum absolute atomic E-state index is 0.147. The molecule has 0 aliphatic carbocycles. The Balaban J connectivity index is 1.70. The molecule has 1 amide bonds. The van der Waals surface area contributed by atoms with E-state index in [1.54, 1.807) is 47.3 Å². The smallest absolute Gasteiger partial charge is 0.262 e. The number of ether oxygens (including phenoxy) is 1. The highest BCUT2D eigenvalue weighted by Gasteiger charge is 2.10. The van der Waals surface area contributed by atoms with Crippen molar-refractivity contribution in [3.8, 4) is 11.4 Å². The average Bonchev–Trinajstić information content (AvgIpc) is 3.09. The normalized spacial score (nSPS) is 10.3. The molecule has 8 heteroatoms. The number of rotatable bonds is 5. The van der Waals surface area contributed by atoms with E-state index < -0.39 is 0 Å². The number of nitrogens with zero attached hydrogens (tertiary/aromatic N) is 4. The summed E-state index contributed by atoms with van der Waals surface area (Å²) in [7, 11) is 0. The zero-order valence-electron chi connectivity index (χ0n) is 11.9. The second-order valence-electron chi connectivity index (χ2n) is 4.56.